The van der Waals surface area contributed by atoms with Crippen LogP contribution < -0.4 is 21.7 Å². The Bertz CT molecular complexity index is 297. The van der Waals surface area contributed by atoms with Crippen molar-refractivity contribution >= 4 is 0 Å². The Morgan fingerprint density at radius 3 is 1.50 bits per heavy atom. The highest BCUT2D eigenvalue weighted by Gasteiger charge is 2.11. The van der Waals surface area contributed by atoms with Crippen LogP contribution in [0.3, 0.4) is 0 Å². The van der Waals surface area contributed by atoms with Crippen molar-refractivity contribution in [1.82, 2.24) is 31.7 Å². The number of hydrazine groups is 4. The second-order valence-corrected chi connectivity index (χ2v) is 4.90. The molecule has 1 aliphatic rings. The van der Waals surface area contributed by atoms with Gasteiger partial charge in [0.2, 0.25) is 0 Å². The summed E-state index contributed by atoms with van der Waals surface area (Å²) in [6.45, 7) is 4.72. The van der Waals surface area contributed by atoms with Crippen LogP contribution in [0.5, 0.6) is 0 Å². The van der Waals surface area contributed by atoms with E-state index in [1.165, 1.54) is 0 Å². The minimum Gasteiger partial charge on any atom is -0.315 e. The Labute approximate surface area is 128 Å². The number of hydrogen-bond donors (Lipinski definition) is 4. The van der Waals surface area contributed by atoms with Gasteiger partial charge in [0.05, 0.1) is 0 Å². The molecule has 0 amide bonds. The largest absolute Gasteiger partial charge is 0.315 e. The first-order chi connectivity index (χ1) is 10.6. The molecule has 1 heterocycles. The van der Waals surface area contributed by atoms with Gasteiger partial charge in [-0.1, -0.05) is 11.1 Å². The average Bonchev–Trinajstić information content (AvgIpc) is 2.43. The van der Waals surface area contributed by atoms with E-state index in [0.717, 1.165) is 12.8 Å². The van der Waals surface area contributed by atoms with Gasteiger partial charge >= 0.3 is 0 Å². The van der Waals surface area contributed by atoms with Gasteiger partial charge in [-0.05, 0) is 25.9 Å². The fourth-order valence-electron chi connectivity index (χ4n) is 2.12. The van der Waals surface area contributed by atoms with E-state index in [9.17, 15) is 20.2 Å². The van der Waals surface area contributed by atoms with Crippen LogP contribution in [0, 0.1) is 20.2 Å². The van der Waals surface area contributed by atoms with E-state index in [4.69, 9.17) is 0 Å². The minimum absolute atomic E-state index is 0.512. The van der Waals surface area contributed by atoms with Crippen LogP contribution in [-0.4, -0.2) is 72.4 Å². The SMILES string of the molecule is O=[N+]([O-])NN1CCCNCCN(N[N+](=O)[O-])CCCNCC1. The molecule has 0 aliphatic carbocycles. The first kappa shape index (κ1) is 18.3. The number of rotatable bonds is 4. The molecule has 1 saturated heterocycles. The van der Waals surface area contributed by atoms with Crippen molar-refractivity contribution in [3.8, 4) is 0 Å². The molecule has 0 aromatic carbocycles. The molecule has 0 spiro atoms. The minimum atomic E-state index is -0.558. The third-order valence-corrected chi connectivity index (χ3v) is 3.13. The molecule has 22 heavy (non-hydrogen) atoms. The van der Waals surface area contributed by atoms with E-state index in [1.807, 2.05) is 0 Å². The maximum absolute atomic E-state index is 10.5. The van der Waals surface area contributed by atoms with Crippen LogP contribution in [0.1, 0.15) is 12.8 Å². The second-order valence-electron chi connectivity index (χ2n) is 4.90. The molecule has 0 atom stereocenters. The third kappa shape index (κ3) is 9.23. The second kappa shape index (κ2) is 10.9. The van der Waals surface area contributed by atoms with Crippen molar-refractivity contribution in [1.29, 1.82) is 0 Å². The zero-order valence-corrected chi connectivity index (χ0v) is 12.5. The van der Waals surface area contributed by atoms with Crippen molar-refractivity contribution in [2.24, 2.45) is 0 Å². The number of nitrogens with one attached hydrogen (secondary N) is 4. The maximum atomic E-state index is 10.5. The lowest BCUT2D eigenvalue weighted by molar-refractivity contribution is -0.578. The zero-order chi connectivity index (χ0) is 16.2. The predicted octanol–water partition coefficient (Wildman–Crippen LogP) is -2.04. The Kier molecular flexibility index (Phi) is 9.06. The fourth-order valence-corrected chi connectivity index (χ4v) is 2.12. The van der Waals surface area contributed by atoms with Crippen LogP contribution in [-0.2, 0) is 0 Å². The molecule has 0 saturated carbocycles. The Balaban J connectivity index is 2.38. The highest BCUT2D eigenvalue weighted by Crippen LogP contribution is 1.90. The fraction of sp³-hybridized carbons (Fsp3) is 1.00. The summed E-state index contributed by atoms with van der Waals surface area (Å²) in [5.41, 5.74) is 4.37. The average molecular weight is 320 g/mol. The normalized spacial score (nSPS) is 20.7. The van der Waals surface area contributed by atoms with Crippen LogP contribution in [0.15, 0.2) is 0 Å². The topological polar surface area (TPSA) is 141 Å². The first-order valence-corrected chi connectivity index (χ1v) is 7.30. The van der Waals surface area contributed by atoms with Crippen LogP contribution in [0.4, 0.5) is 0 Å². The van der Waals surface area contributed by atoms with Crippen molar-refractivity contribution < 1.29 is 10.1 Å². The molecule has 128 valence electrons. The molecule has 12 heteroatoms. The lowest BCUT2D eigenvalue weighted by Gasteiger charge is -2.21. The Hall–Kier alpha value is -1.76. The number of nitro groups is 2. The van der Waals surface area contributed by atoms with Crippen molar-refractivity contribution in [2.75, 3.05) is 52.4 Å². The quantitative estimate of drug-likeness (QED) is 0.338. The third-order valence-electron chi connectivity index (χ3n) is 3.13. The summed E-state index contributed by atoms with van der Waals surface area (Å²) in [5, 5.41) is 29.4. The summed E-state index contributed by atoms with van der Waals surface area (Å²) >= 11 is 0. The lowest BCUT2D eigenvalue weighted by atomic mass is 10.3. The smallest absolute Gasteiger partial charge is 0.173 e. The molecule has 4 N–H and O–H groups in total. The van der Waals surface area contributed by atoms with E-state index in [1.54, 1.807) is 10.0 Å². The van der Waals surface area contributed by atoms with Crippen LogP contribution >= 0.6 is 0 Å². The monoisotopic (exact) mass is 320 g/mol. The number of hydrogen-bond acceptors (Lipinski definition) is 8. The molecule has 12 nitrogen and oxygen atoms in total. The van der Waals surface area contributed by atoms with Gasteiger partial charge in [-0.2, -0.15) is 10.0 Å². The predicted molar refractivity (Wildman–Crippen MR) is 78.4 cm³/mol. The highest BCUT2D eigenvalue weighted by atomic mass is 16.7. The van der Waals surface area contributed by atoms with Gasteiger partial charge in [0.15, 0.2) is 10.1 Å². The number of nitrogens with zero attached hydrogens (tertiary/aromatic N) is 4. The van der Waals surface area contributed by atoms with E-state index in [2.05, 4.69) is 21.7 Å². The van der Waals surface area contributed by atoms with E-state index in [0.29, 0.717) is 52.4 Å². The Morgan fingerprint density at radius 2 is 1.14 bits per heavy atom. The molecule has 0 aromatic rings. The first-order valence-electron chi connectivity index (χ1n) is 7.30. The van der Waals surface area contributed by atoms with Gasteiger partial charge in [-0.25, -0.2) is 20.2 Å². The summed E-state index contributed by atoms with van der Waals surface area (Å²) in [6, 6.07) is 0. The molecule has 0 bridgehead atoms. The Morgan fingerprint density at radius 1 is 0.727 bits per heavy atom. The molecular formula is C10H24N8O4. The standard InChI is InChI=1S/C10H24N8O4/c19-17(20)13-15-7-1-3-11-5-10-16(14-18(21)22)8-2-4-12-6-9-15/h11-14H,1-10H2. The van der Waals surface area contributed by atoms with Gasteiger partial charge in [0, 0.05) is 39.3 Å². The maximum Gasteiger partial charge on any atom is 0.173 e. The van der Waals surface area contributed by atoms with Crippen molar-refractivity contribution in [2.45, 2.75) is 12.8 Å². The summed E-state index contributed by atoms with van der Waals surface area (Å²) in [5.74, 6) is 0. The molecular weight excluding hydrogens is 296 g/mol. The van der Waals surface area contributed by atoms with E-state index < -0.39 is 10.1 Å². The van der Waals surface area contributed by atoms with E-state index >= 15 is 0 Å². The van der Waals surface area contributed by atoms with Gasteiger partial charge in [0.25, 0.3) is 0 Å². The molecule has 0 radical (unpaired) electrons. The van der Waals surface area contributed by atoms with Gasteiger partial charge in [0.1, 0.15) is 0 Å². The zero-order valence-electron chi connectivity index (χ0n) is 12.5. The van der Waals surface area contributed by atoms with Crippen molar-refractivity contribution in [3.63, 3.8) is 0 Å². The molecule has 1 fully saturated rings. The highest BCUT2D eigenvalue weighted by molar-refractivity contribution is 4.60. The van der Waals surface area contributed by atoms with Crippen molar-refractivity contribution in [3.05, 3.63) is 20.2 Å². The lowest BCUT2D eigenvalue weighted by Crippen LogP contribution is -2.48. The summed E-state index contributed by atoms with van der Waals surface area (Å²) in [7, 11) is 0. The van der Waals surface area contributed by atoms with Gasteiger partial charge in [-0.15, -0.1) is 0 Å². The summed E-state index contributed by atoms with van der Waals surface area (Å²) in [6.07, 6.45) is 1.48. The molecule has 1 aliphatic heterocycles. The summed E-state index contributed by atoms with van der Waals surface area (Å²) < 4.78 is 0. The van der Waals surface area contributed by atoms with E-state index in [-0.39, 0.29) is 0 Å². The molecule has 1 rings (SSSR count). The van der Waals surface area contributed by atoms with Crippen LogP contribution in [0.25, 0.3) is 0 Å². The molecule has 0 aromatic heterocycles. The van der Waals surface area contributed by atoms with Gasteiger partial charge < -0.3 is 10.6 Å². The summed E-state index contributed by atoms with van der Waals surface area (Å²) in [4.78, 5) is 21.0. The van der Waals surface area contributed by atoms with Gasteiger partial charge in [-0.3, -0.25) is 0 Å². The van der Waals surface area contributed by atoms with Crippen LogP contribution in [0.2, 0.25) is 0 Å². The molecule has 0 unspecified atom stereocenters.